The SMILES string of the molecule is O=C(O)c1cc(NCc2ccc3c(c2)OCO3)ccc1Cl. The Morgan fingerprint density at radius 1 is 1.19 bits per heavy atom. The highest BCUT2D eigenvalue weighted by molar-refractivity contribution is 6.33. The van der Waals surface area contributed by atoms with Crippen molar-refractivity contribution in [3.8, 4) is 11.5 Å². The fourth-order valence-electron chi connectivity index (χ4n) is 2.05. The molecule has 0 bridgehead atoms. The fourth-order valence-corrected chi connectivity index (χ4v) is 2.25. The Balaban J connectivity index is 1.73. The van der Waals surface area contributed by atoms with E-state index in [0.717, 1.165) is 17.1 Å². The molecule has 2 aromatic carbocycles. The average Bonchev–Trinajstić information content (AvgIpc) is 2.93. The molecule has 0 aromatic heterocycles. The van der Waals surface area contributed by atoms with Gasteiger partial charge in [0.15, 0.2) is 11.5 Å². The first-order chi connectivity index (χ1) is 10.1. The zero-order valence-electron chi connectivity index (χ0n) is 10.9. The molecule has 1 heterocycles. The Morgan fingerprint density at radius 2 is 2.00 bits per heavy atom. The molecular weight excluding hydrogens is 294 g/mol. The lowest BCUT2D eigenvalue weighted by Gasteiger charge is -2.09. The molecule has 0 amide bonds. The van der Waals surface area contributed by atoms with Crippen LogP contribution in [0.2, 0.25) is 5.02 Å². The van der Waals surface area contributed by atoms with Crippen molar-refractivity contribution in [2.75, 3.05) is 12.1 Å². The second kappa shape index (κ2) is 5.54. The quantitative estimate of drug-likeness (QED) is 0.906. The molecule has 1 aliphatic rings. The summed E-state index contributed by atoms with van der Waals surface area (Å²) < 4.78 is 10.6. The minimum Gasteiger partial charge on any atom is -0.478 e. The summed E-state index contributed by atoms with van der Waals surface area (Å²) in [7, 11) is 0. The minimum absolute atomic E-state index is 0.0763. The molecule has 0 radical (unpaired) electrons. The summed E-state index contributed by atoms with van der Waals surface area (Å²) in [6, 6.07) is 10.5. The Labute approximate surface area is 126 Å². The van der Waals surface area contributed by atoms with Crippen molar-refractivity contribution in [2.45, 2.75) is 6.54 Å². The van der Waals surface area contributed by atoms with Gasteiger partial charge in [0.1, 0.15) is 0 Å². The number of hydrogen-bond acceptors (Lipinski definition) is 4. The first kappa shape index (κ1) is 13.6. The first-order valence-corrected chi connectivity index (χ1v) is 6.66. The molecule has 1 aliphatic heterocycles. The molecule has 0 spiro atoms. The van der Waals surface area contributed by atoms with Crippen LogP contribution in [0.15, 0.2) is 36.4 Å². The maximum absolute atomic E-state index is 11.0. The molecule has 5 nitrogen and oxygen atoms in total. The van der Waals surface area contributed by atoms with Crippen molar-refractivity contribution < 1.29 is 19.4 Å². The molecule has 108 valence electrons. The smallest absolute Gasteiger partial charge is 0.337 e. The van der Waals surface area contributed by atoms with E-state index in [4.69, 9.17) is 26.2 Å². The highest BCUT2D eigenvalue weighted by Gasteiger charge is 2.13. The maximum Gasteiger partial charge on any atom is 0.337 e. The lowest BCUT2D eigenvalue weighted by molar-refractivity contribution is 0.0697. The number of halogens is 1. The number of aromatic carboxylic acids is 1. The zero-order valence-corrected chi connectivity index (χ0v) is 11.7. The molecule has 2 aromatic rings. The summed E-state index contributed by atoms with van der Waals surface area (Å²) in [5.41, 5.74) is 1.77. The normalized spacial score (nSPS) is 12.2. The molecule has 3 rings (SSSR count). The van der Waals surface area contributed by atoms with Crippen LogP contribution in [0.25, 0.3) is 0 Å². The van der Waals surface area contributed by atoms with Gasteiger partial charge >= 0.3 is 5.97 Å². The number of hydrogen-bond donors (Lipinski definition) is 2. The second-order valence-electron chi connectivity index (χ2n) is 4.54. The number of carboxylic acid groups (broad SMARTS) is 1. The molecule has 2 N–H and O–H groups in total. The molecule has 0 saturated heterocycles. The van der Waals surface area contributed by atoms with Crippen LogP contribution < -0.4 is 14.8 Å². The van der Waals surface area contributed by atoms with E-state index in [9.17, 15) is 4.79 Å². The predicted octanol–water partition coefficient (Wildman–Crippen LogP) is 3.38. The summed E-state index contributed by atoms with van der Waals surface area (Å²) in [6.45, 7) is 0.780. The number of anilines is 1. The van der Waals surface area contributed by atoms with Gasteiger partial charge in [-0.2, -0.15) is 0 Å². The van der Waals surface area contributed by atoms with Crippen LogP contribution in [-0.2, 0) is 6.54 Å². The average molecular weight is 306 g/mol. The van der Waals surface area contributed by atoms with Crippen molar-refractivity contribution in [2.24, 2.45) is 0 Å². The van der Waals surface area contributed by atoms with Crippen LogP contribution in [0.5, 0.6) is 11.5 Å². The van der Waals surface area contributed by atoms with Gasteiger partial charge in [-0.15, -0.1) is 0 Å². The molecule has 21 heavy (non-hydrogen) atoms. The van der Waals surface area contributed by atoms with Crippen LogP contribution >= 0.6 is 11.6 Å². The Kier molecular flexibility index (Phi) is 3.58. The van der Waals surface area contributed by atoms with Gasteiger partial charge in [-0.1, -0.05) is 17.7 Å². The van der Waals surface area contributed by atoms with Crippen LogP contribution in [0.4, 0.5) is 5.69 Å². The second-order valence-corrected chi connectivity index (χ2v) is 4.95. The number of ether oxygens (including phenoxy) is 2. The third kappa shape index (κ3) is 2.87. The summed E-state index contributed by atoms with van der Waals surface area (Å²) in [5, 5.41) is 12.4. The molecular formula is C15H12ClNO4. The lowest BCUT2D eigenvalue weighted by Crippen LogP contribution is -2.02. The third-order valence-electron chi connectivity index (χ3n) is 3.13. The minimum atomic E-state index is -1.05. The van der Waals surface area contributed by atoms with Gasteiger partial charge in [-0.25, -0.2) is 4.79 Å². The van der Waals surface area contributed by atoms with Crippen molar-refractivity contribution >= 4 is 23.3 Å². The van der Waals surface area contributed by atoms with Crippen LogP contribution in [0, 0.1) is 0 Å². The van der Waals surface area contributed by atoms with E-state index >= 15 is 0 Å². The number of nitrogens with one attached hydrogen (secondary N) is 1. The van der Waals surface area contributed by atoms with Crippen LogP contribution in [0.1, 0.15) is 15.9 Å². The van der Waals surface area contributed by atoms with E-state index < -0.39 is 5.97 Å². The summed E-state index contributed by atoms with van der Waals surface area (Å²) in [4.78, 5) is 11.0. The number of fused-ring (bicyclic) bond motifs is 1. The van der Waals surface area contributed by atoms with Crippen molar-refractivity contribution in [3.05, 3.63) is 52.5 Å². The van der Waals surface area contributed by atoms with E-state index in [-0.39, 0.29) is 17.4 Å². The fraction of sp³-hybridized carbons (Fsp3) is 0.133. The van der Waals surface area contributed by atoms with Crippen molar-refractivity contribution in [1.29, 1.82) is 0 Å². The highest BCUT2D eigenvalue weighted by atomic mass is 35.5. The number of rotatable bonds is 4. The molecule has 0 atom stereocenters. The van der Waals surface area contributed by atoms with Crippen LogP contribution in [0.3, 0.4) is 0 Å². The summed E-state index contributed by atoms with van der Waals surface area (Å²) in [6.07, 6.45) is 0. The zero-order chi connectivity index (χ0) is 14.8. The van der Waals surface area contributed by atoms with Gasteiger partial charge in [0.2, 0.25) is 6.79 Å². The predicted molar refractivity (Wildman–Crippen MR) is 78.3 cm³/mol. The third-order valence-corrected chi connectivity index (χ3v) is 3.46. The van der Waals surface area contributed by atoms with Crippen molar-refractivity contribution in [3.63, 3.8) is 0 Å². The number of carbonyl (C=O) groups is 1. The summed E-state index contributed by atoms with van der Waals surface area (Å²) >= 11 is 5.83. The van der Waals surface area contributed by atoms with Gasteiger partial charge in [0.05, 0.1) is 10.6 Å². The topological polar surface area (TPSA) is 67.8 Å². The molecule has 6 heteroatoms. The molecule has 0 saturated carbocycles. The van der Waals surface area contributed by atoms with E-state index in [1.807, 2.05) is 18.2 Å². The highest BCUT2D eigenvalue weighted by Crippen LogP contribution is 2.32. The molecule has 0 aliphatic carbocycles. The first-order valence-electron chi connectivity index (χ1n) is 6.29. The Hall–Kier alpha value is -2.40. The molecule has 0 fully saturated rings. The monoisotopic (exact) mass is 305 g/mol. The number of carboxylic acids is 1. The van der Waals surface area contributed by atoms with Crippen molar-refractivity contribution in [1.82, 2.24) is 0 Å². The lowest BCUT2D eigenvalue weighted by atomic mass is 10.1. The van der Waals surface area contributed by atoms with Gasteiger partial charge in [0.25, 0.3) is 0 Å². The van der Waals surface area contributed by atoms with Crippen LogP contribution in [-0.4, -0.2) is 17.9 Å². The van der Waals surface area contributed by atoms with E-state index in [2.05, 4.69) is 5.32 Å². The Morgan fingerprint density at radius 3 is 2.81 bits per heavy atom. The van der Waals surface area contributed by atoms with E-state index in [1.165, 1.54) is 6.07 Å². The van der Waals surface area contributed by atoms with E-state index in [0.29, 0.717) is 12.2 Å². The van der Waals surface area contributed by atoms with Gasteiger partial charge in [0, 0.05) is 12.2 Å². The van der Waals surface area contributed by atoms with Gasteiger partial charge in [-0.3, -0.25) is 0 Å². The number of benzene rings is 2. The Bertz CT molecular complexity index is 702. The van der Waals surface area contributed by atoms with E-state index in [1.54, 1.807) is 12.1 Å². The van der Waals surface area contributed by atoms with Gasteiger partial charge in [-0.05, 0) is 35.9 Å². The van der Waals surface area contributed by atoms with Gasteiger partial charge < -0.3 is 19.9 Å². The standard InChI is InChI=1S/C15H12ClNO4/c16-12-3-2-10(6-11(12)15(18)19)17-7-9-1-4-13-14(5-9)21-8-20-13/h1-6,17H,7-8H2,(H,18,19). The maximum atomic E-state index is 11.0. The summed E-state index contributed by atoms with van der Waals surface area (Å²) in [5.74, 6) is 0.404. The largest absolute Gasteiger partial charge is 0.478 e. The molecule has 0 unspecified atom stereocenters.